The number of alkyl carbamates (subject to hydrolysis) is 1. The summed E-state index contributed by atoms with van der Waals surface area (Å²) in [7, 11) is -4.27. The first-order valence-electron chi connectivity index (χ1n) is 13.3. The van der Waals surface area contributed by atoms with Crippen LogP contribution in [-0.4, -0.2) is 52.2 Å². The van der Waals surface area contributed by atoms with Crippen molar-refractivity contribution < 1.29 is 27.3 Å². The molecule has 9 heteroatoms. The molecule has 0 unspecified atom stereocenters. The largest absolute Gasteiger partial charge is 0.492 e. The van der Waals surface area contributed by atoms with Gasteiger partial charge in [-0.1, -0.05) is 72.8 Å². The minimum atomic E-state index is -3.48. The second-order valence-electron chi connectivity index (χ2n) is 11.3. The third-order valence-electron chi connectivity index (χ3n) is 8.00. The van der Waals surface area contributed by atoms with Crippen molar-refractivity contribution in [3.63, 3.8) is 0 Å². The van der Waals surface area contributed by atoms with E-state index in [4.69, 9.17) is 14.0 Å². The Balaban J connectivity index is 1.35. The Kier molecular flexibility index (Phi) is 7.42. The Morgan fingerprint density at radius 3 is 2.00 bits per heavy atom. The third-order valence-corrected chi connectivity index (χ3v) is 9.17. The van der Waals surface area contributed by atoms with E-state index in [1.165, 1.54) is 6.26 Å². The number of carbonyl (C=O) groups is 1. The van der Waals surface area contributed by atoms with Gasteiger partial charge in [-0.15, -0.1) is 0 Å². The number of carbonyl (C=O) groups excluding carboxylic acids is 1. The number of fused-ring (bicyclic) bond motifs is 3. The van der Waals surface area contributed by atoms with Crippen LogP contribution < -0.4 is 5.32 Å². The van der Waals surface area contributed by atoms with Crippen LogP contribution in [-0.2, 0) is 23.9 Å². The Hall–Kier alpha value is -3.40. The van der Waals surface area contributed by atoms with Crippen LogP contribution in [0, 0.1) is 0 Å². The molecule has 1 aliphatic carbocycles. The molecule has 7 nitrogen and oxygen atoms in total. The van der Waals surface area contributed by atoms with Gasteiger partial charge in [-0.2, -0.15) is 0 Å². The van der Waals surface area contributed by atoms with Gasteiger partial charge in [0.25, 0.3) is 0 Å². The first-order chi connectivity index (χ1) is 18.9. The summed E-state index contributed by atoms with van der Waals surface area (Å²) >= 11 is 0. The molecule has 2 aliphatic rings. The van der Waals surface area contributed by atoms with Gasteiger partial charge < -0.3 is 19.4 Å². The van der Waals surface area contributed by atoms with E-state index in [-0.39, 0.29) is 24.0 Å². The second-order valence-corrected chi connectivity index (χ2v) is 13.3. The SMILES string of the molecule is CC1(C)OB(C(=Cc2ccccc2S(C)(=O)=O)CNC(=O)OCC2c3ccccc3-c3ccccc32)OC1(C)C. The number of hydrogen-bond donors (Lipinski definition) is 1. The van der Waals surface area contributed by atoms with Crippen molar-refractivity contribution in [1.29, 1.82) is 0 Å². The quantitative estimate of drug-likeness (QED) is 0.377. The Morgan fingerprint density at radius 1 is 0.900 bits per heavy atom. The van der Waals surface area contributed by atoms with Crippen molar-refractivity contribution in [3.05, 3.63) is 95.0 Å². The van der Waals surface area contributed by atoms with Crippen LogP contribution >= 0.6 is 0 Å². The fourth-order valence-electron chi connectivity index (χ4n) is 5.16. The molecule has 0 atom stereocenters. The van der Waals surface area contributed by atoms with Crippen molar-refractivity contribution in [3.8, 4) is 11.1 Å². The molecule has 1 N–H and O–H groups in total. The maximum atomic E-state index is 12.9. The standard InChI is InChI=1S/C31H34BNO6S/c1-30(2)31(3,4)39-32(38-30)22(18-21-12-6-11-17-28(21)40(5,35)36)19-33-29(34)37-20-27-25-15-9-7-13-23(25)24-14-8-10-16-26(24)27/h6-18,27H,19-20H2,1-5H3,(H,33,34). The number of nitrogens with one attached hydrogen (secondary N) is 1. The van der Waals surface area contributed by atoms with Gasteiger partial charge in [-0.3, -0.25) is 0 Å². The van der Waals surface area contributed by atoms with Crippen molar-refractivity contribution in [2.24, 2.45) is 0 Å². The molecule has 3 aromatic carbocycles. The van der Waals surface area contributed by atoms with Gasteiger partial charge in [-0.25, -0.2) is 13.2 Å². The van der Waals surface area contributed by atoms with Crippen LogP contribution in [0.3, 0.4) is 0 Å². The van der Waals surface area contributed by atoms with Gasteiger partial charge >= 0.3 is 13.2 Å². The molecular formula is C31H34BNO6S. The van der Waals surface area contributed by atoms with E-state index in [1.807, 2.05) is 52.0 Å². The van der Waals surface area contributed by atoms with Crippen LogP contribution in [0.4, 0.5) is 4.79 Å². The number of ether oxygens (including phenoxy) is 1. The molecule has 1 heterocycles. The summed E-state index contributed by atoms with van der Waals surface area (Å²) in [5, 5.41) is 2.83. The lowest BCUT2D eigenvalue weighted by Crippen LogP contribution is -2.41. The van der Waals surface area contributed by atoms with E-state index in [2.05, 4.69) is 29.6 Å². The van der Waals surface area contributed by atoms with Crippen LogP contribution in [0.1, 0.15) is 50.3 Å². The first kappa shape index (κ1) is 28.1. The number of amides is 1. The van der Waals surface area contributed by atoms with Crippen LogP contribution in [0.5, 0.6) is 0 Å². The maximum Gasteiger partial charge on any atom is 0.492 e. The van der Waals surface area contributed by atoms with Gasteiger partial charge in [0.15, 0.2) is 9.84 Å². The maximum absolute atomic E-state index is 12.9. The zero-order valence-corrected chi connectivity index (χ0v) is 24.2. The summed E-state index contributed by atoms with van der Waals surface area (Å²) in [4.78, 5) is 13.1. The highest BCUT2D eigenvalue weighted by molar-refractivity contribution is 7.90. The predicted octanol–water partition coefficient (Wildman–Crippen LogP) is 5.64. The van der Waals surface area contributed by atoms with E-state index >= 15 is 0 Å². The van der Waals surface area contributed by atoms with Gasteiger partial charge in [0, 0.05) is 18.7 Å². The number of rotatable bonds is 7. The van der Waals surface area contributed by atoms with Crippen LogP contribution in [0.15, 0.2) is 83.2 Å². The minimum Gasteiger partial charge on any atom is -0.449 e. The molecule has 1 aliphatic heterocycles. The molecule has 0 bridgehead atoms. The van der Waals surface area contributed by atoms with Gasteiger partial charge in [0.05, 0.1) is 16.1 Å². The molecule has 3 aromatic rings. The van der Waals surface area contributed by atoms with Gasteiger partial charge in [0.1, 0.15) is 6.61 Å². The Labute approximate surface area is 236 Å². The van der Waals surface area contributed by atoms with Crippen LogP contribution in [0.2, 0.25) is 0 Å². The zero-order chi connectivity index (χ0) is 28.7. The zero-order valence-electron chi connectivity index (χ0n) is 23.4. The van der Waals surface area contributed by atoms with Crippen molar-refractivity contribution in [2.75, 3.05) is 19.4 Å². The fourth-order valence-corrected chi connectivity index (χ4v) is 6.04. The molecule has 5 rings (SSSR count). The smallest absolute Gasteiger partial charge is 0.449 e. The summed E-state index contributed by atoms with van der Waals surface area (Å²) in [6.07, 6.45) is 2.30. The van der Waals surface area contributed by atoms with Crippen molar-refractivity contribution in [1.82, 2.24) is 5.32 Å². The Bertz CT molecular complexity index is 1520. The number of benzene rings is 3. The molecule has 208 valence electrons. The van der Waals surface area contributed by atoms with E-state index in [9.17, 15) is 13.2 Å². The molecule has 0 saturated carbocycles. The molecular weight excluding hydrogens is 525 g/mol. The molecule has 1 fully saturated rings. The molecule has 40 heavy (non-hydrogen) atoms. The van der Waals surface area contributed by atoms with E-state index in [1.54, 1.807) is 30.3 Å². The van der Waals surface area contributed by atoms with Gasteiger partial charge in [-0.05, 0) is 67.1 Å². The van der Waals surface area contributed by atoms with E-state index in [0.717, 1.165) is 22.3 Å². The lowest BCUT2D eigenvalue weighted by molar-refractivity contribution is 0.00578. The van der Waals surface area contributed by atoms with E-state index in [0.29, 0.717) is 11.0 Å². The summed E-state index contributed by atoms with van der Waals surface area (Å²) in [6.45, 7) is 7.99. The molecule has 0 radical (unpaired) electrons. The topological polar surface area (TPSA) is 90.9 Å². The van der Waals surface area contributed by atoms with E-state index < -0.39 is 34.3 Å². The van der Waals surface area contributed by atoms with Crippen molar-refractivity contribution in [2.45, 2.75) is 49.7 Å². The highest BCUT2D eigenvalue weighted by Crippen LogP contribution is 2.44. The summed E-state index contributed by atoms with van der Waals surface area (Å²) in [5.74, 6) is -0.0575. The molecule has 0 aromatic heterocycles. The summed E-state index contributed by atoms with van der Waals surface area (Å²) < 4.78 is 43.1. The normalized spacial score (nSPS) is 17.8. The first-order valence-corrected chi connectivity index (χ1v) is 15.2. The van der Waals surface area contributed by atoms with Crippen LogP contribution in [0.25, 0.3) is 17.2 Å². The lowest BCUT2D eigenvalue weighted by atomic mass is 9.77. The fraction of sp³-hybridized carbons (Fsp3) is 0.323. The Morgan fingerprint density at radius 2 is 1.43 bits per heavy atom. The number of hydrogen-bond acceptors (Lipinski definition) is 6. The highest BCUT2D eigenvalue weighted by atomic mass is 32.2. The number of sulfone groups is 1. The average molecular weight is 559 g/mol. The third kappa shape index (κ3) is 5.46. The monoisotopic (exact) mass is 559 g/mol. The lowest BCUT2D eigenvalue weighted by Gasteiger charge is -2.32. The molecule has 0 spiro atoms. The molecule has 1 saturated heterocycles. The summed E-state index contributed by atoms with van der Waals surface area (Å²) in [6, 6.07) is 23.0. The second kappa shape index (κ2) is 10.5. The highest BCUT2D eigenvalue weighted by Gasteiger charge is 2.52. The summed E-state index contributed by atoms with van der Waals surface area (Å²) in [5.41, 5.74) is 4.41. The minimum absolute atomic E-state index is 0.0472. The van der Waals surface area contributed by atoms with Gasteiger partial charge in [0.2, 0.25) is 0 Å². The average Bonchev–Trinajstić information content (AvgIpc) is 3.34. The predicted molar refractivity (Wildman–Crippen MR) is 157 cm³/mol. The van der Waals surface area contributed by atoms with Crippen molar-refractivity contribution >= 4 is 29.1 Å². The molecule has 1 amide bonds.